The Morgan fingerprint density at radius 2 is 1.82 bits per heavy atom. The fraction of sp³-hybridized carbons (Fsp3) is 0.200. The highest BCUT2D eigenvalue weighted by Crippen LogP contribution is 2.18. The lowest BCUT2D eigenvalue weighted by molar-refractivity contribution is -0.384. The van der Waals surface area contributed by atoms with Gasteiger partial charge in [-0.05, 0) is 36.3 Å². The van der Waals surface area contributed by atoms with Gasteiger partial charge in [0.2, 0.25) is 0 Å². The van der Waals surface area contributed by atoms with E-state index in [2.05, 4.69) is 10.6 Å². The fourth-order valence-corrected chi connectivity index (χ4v) is 2.50. The molecule has 2 N–H and O–H groups in total. The van der Waals surface area contributed by atoms with Crippen molar-refractivity contribution in [3.63, 3.8) is 0 Å². The molecule has 0 heterocycles. The van der Waals surface area contributed by atoms with Gasteiger partial charge < -0.3 is 10.6 Å². The number of rotatable bonds is 8. The van der Waals surface area contributed by atoms with Gasteiger partial charge in [-0.15, -0.1) is 0 Å². The Bertz CT molecular complexity index is 895. The maximum Gasteiger partial charge on any atom is 0.269 e. The van der Waals surface area contributed by atoms with E-state index in [0.29, 0.717) is 17.1 Å². The topological polar surface area (TPSA) is 101 Å². The van der Waals surface area contributed by atoms with Crippen molar-refractivity contribution in [2.24, 2.45) is 0 Å². The zero-order chi connectivity index (χ0) is 20.5. The average Bonchev–Trinajstić information content (AvgIpc) is 2.69. The minimum absolute atomic E-state index is 0.0348. The van der Waals surface area contributed by atoms with Crippen LogP contribution in [0.15, 0.2) is 54.2 Å². The van der Waals surface area contributed by atoms with E-state index in [4.69, 9.17) is 11.6 Å². The summed E-state index contributed by atoms with van der Waals surface area (Å²) in [5, 5.41) is 16.5. The van der Waals surface area contributed by atoms with E-state index in [0.717, 1.165) is 12.8 Å². The van der Waals surface area contributed by atoms with Crippen LogP contribution in [0.2, 0.25) is 5.02 Å². The van der Waals surface area contributed by atoms with E-state index >= 15 is 0 Å². The normalized spacial score (nSPS) is 11.0. The molecule has 0 spiro atoms. The molecular weight excluding hydrogens is 382 g/mol. The molecule has 2 rings (SSSR count). The molecule has 7 nitrogen and oxygen atoms in total. The van der Waals surface area contributed by atoms with Gasteiger partial charge in [0.05, 0.1) is 4.92 Å². The van der Waals surface area contributed by atoms with Crippen LogP contribution in [0, 0.1) is 10.1 Å². The van der Waals surface area contributed by atoms with Crippen LogP contribution in [0.3, 0.4) is 0 Å². The lowest BCUT2D eigenvalue weighted by Crippen LogP contribution is -2.35. The highest BCUT2D eigenvalue weighted by Gasteiger charge is 2.16. The van der Waals surface area contributed by atoms with Crippen LogP contribution < -0.4 is 10.6 Å². The van der Waals surface area contributed by atoms with Crippen molar-refractivity contribution in [2.45, 2.75) is 19.8 Å². The van der Waals surface area contributed by atoms with Crippen LogP contribution in [0.4, 0.5) is 5.69 Å². The number of nitro benzene ring substituents is 1. The molecule has 0 fully saturated rings. The molecule has 8 heteroatoms. The molecule has 0 atom stereocenters. The summed E-state index contributed by atoms with van der Waals surface area (Å²) >= 11 is 6.15. The van der Waals surface area contributed by atoms with Crippen LogP contribution in [0.25, 0.3) is 6.08 Å². The van der Waals surface area contributed by atoms with Gasteiger partial charge in [0.1, 0.15) is 5.70 Å². The average molecular weight is 402 g/mol. The van der Waals surface area contributed by atoms with Gasteiger partial charge in [0, 0.05) is 29.3 Å². The summed E-state index contributed by atoms with van der Waals surface area (Å²) < 4.78 is 0. The van der Waals surface area contributed by atoms with Crippen molar-refractivity contribution in [2.75, 3.05) is 6.54 Å². The van der Waals surface area contributed by atoms with Crippen LogP contribution in [-0.4, -0.2) is 23.3 Å². The molecular formula is C20H20ClN3O4. The number of nitro groups is 1. The van der Waals surface area contributed by atoms with E-state index in [9.17, 15) is 19.7 Å². The molecule has 0 unspecified atom stereocenters. The Kier molecular flexibility index (Phi) is 7.71. The molecule has 0 saturated carbocycles. The third kappa shape index (κ3) is 5.92. The molecule has 28 heavy (non-hydrogen) atoms. The van der Waals surface area contributed by atoms with Crippen molar-refractivity contribution in [1.29, 1.82) is 0 Å². The standard InChI is InChI=1S/C20H20ClN3O4/c1-2-3-12-22-20(26)18(13-15-6-4-5-7-17(15)21)23-19(25)14-8-10-16(11-9-14)24(27)28/h4-11,13H,2-3,12H2,1H3,(H,22,26)(H,23,25)/b18-13+. The molecule has 2 amide bonds. The highest BCUT2D eigenvalue weighted by molar-refractivity contribution is 6.32. The maximum absolute atomic E-state index is 12.5. The zero-order valence-corrected chi connectivity index (χ0v) is 16.0. The minimum atomic E-state index is -0.557. The number of unbranched alkanes of at least 4 members (excludes halogenated alkanes) is 1. The summed E-state index contributed by atoms with van der Waals surface area (Å²) in [6.07, 6.45) is 3.22. The Balaban J connectivity index is 2.25. The molecule has 0 aliphatic rings. The van der Waals surface area contributed by atoms with Crippen molar-refractivity contribution < 1.29 is 14.5 Å². The Hall–Kier alpha value is -3.19. The number of hydrogen-bond donors (Lipinski definition) is 2. The third-order valence-corrected chi connectivity index (χ3v) is 4.20. The second-order valence-corrected chi connectivity index (χ2v) is 6.35. The van der Waals surface area contributed by atoms with Gasteiger partial charge in [0.25, 0.3) is 17.5 Å². The molecule has 0 saturated heterocycles. The first-order valence-corrected chi connectivity index (χ1v) is 9.10. The van der Waals surface area contributed by atoms with E-state index in [1.807, 2.05) is 6.92 Å². The minimum Gasteiger partial charge on any atom is -0.351 e. The number of carbonyl (C=O) groups excluding carboxylic acids is 2. The van der Waals surface area contributed by atoms with Gasteiger partial charge in [-0.25, -0.2) is 0 Å². The summed E-state index contributed by atoms with van der Waals surface area (Å²) in [4.78, 5) is 35.2. The molecule has 0 aromatic heterocycles. The van der Waals surface area contributed by atoms with Crippen LogP contribution in [0.1, 0.15) is 35.7 Å². The predicted octanol–water partition coefficient (Wildman–Crippen LogP) is 3.94. The van der Waals surface area contributed by atoms with E-state index in [1.165, 1.54) is 30.3 Å². The quantitative estimate of drug-likeness (QED) is 0.303. The monoisotopic (exact) mass is 401 g/mol. The zero-order valence-electron chi connectivity index (χ0n) is 15.3. The molecule has 0 aliphatic carbocycles. The van der Waals surface area contributed by atoms with Gasteiger partial charge in [-0.1, -0.05) is 43.1 Å². The van der Waals surface area contributed by atoms with Gasteiger partial charge >= 0.3 is 0 Å². The molecule has 0 aliphatic heterocycles. The van der Waals surface area contributed by atoms with Crippen molar-refractivity contribution in [1.82, 2.24) is 10.6 Å². The van der Waals surface area contributed by atoms with Crippen LogP contribution in [-0.2, 0) is 4.79 Å². The highest BCUT2D eigenvalue weighted by atomic mass is 35.5. The van der Waals surface area contributed by atoms with Gasteiger partial charge in [-0.2, -0.15) is 0 Å². The van der Waals surface area contributed by atoms with Crippen molar-refractivity contribution in [3.05, 3.63) is 80.5 Å². The number of non-ortho nitro benzene ring substituents is 1. The SMILES string of the molecule is CCCCNC(=O)/C(=C\c1ccccc1Cl)NC(=O)c1ccc([N+](=O)[O-])cc1. The molecule has 146 valence electrons. The number of nitrogens with zero attached hydrogens (tertiary/aromatic N) is 1. The van der Waals surface area contributed by atoms with Crippen molar-refractivity contribution in [3.8, 4) is 0 Å². The van der Waals surface area contributed by atoms with Crippen LogP contribution >= 0.6 is 11.6 Å². The molecule has 0 radical (unpaired) electrons. The first-order valence-electron chi connectivity index (χ1n) is 8.72. The maximum atomic E-state index is 12.5. The largest absolute Gasteiger partial charge is 0.351 e. The Morgan fingerprint density at radius 3 is 2.43 bits per heavy atom. The number of carbonyl (C=O) groups is 2. The third-order valence-electron chi connectivity index (χ3n) is 3.85. The van der Waals surface area contributed by atoms with Gasteiger partial charge in [-0.3, -0.25) is 19.7 Å². The summed E-state index contributed by atoms with van der Waals surface area (Å²) in [6.45, 7) is 2.48. The summed E-state index contributed by atoms with van der Waals surface area (Å²) in [5.74, 6) is -0.998. The lowest BCUT2D eigenvalue weighted by Gasteiger charge is -2.11. The van der Waals surface area contributed by atoms with Crippen LogP contribution in [0.5, 0.6) is 0 Å². The number of halogens is 1. The predicted molar refractivity (Wildman–Crippen MR) is 108 cm³/mol. The summed E-state index contributed by atoms with van der Waals surface area (Å²) in [5.41, 5.74) is 0.680. The fourth-order valence-electron chi connectivity index (χ4n) is 2.31. The van der Waals surface area contributed by atoms with E-state index in [1.54, 1.807) is 24.3 Å². The number of hydrogen-bond acceptors (Lipinski definition) is 4. The number of benzene rings is 2. The van der Waals surface area contributed by atoms with Crippen molar-refractivity contribution >= 4 is 35.2 Å². The smallest absolute Gasteiger partial charge is 0.269 e. The second kappa shape index (κ2) is 10.2. The Labute approximate surface area is 167 Å². The molecule has 0 bridgehead atoms. The lowest BCUT2D eigenvalue weighted by atomic mass is 10.1. The second-order valence-electron chi connectivity index (χ2n) is 5.95. The first kappa shape index (κ1) is 21.1. The number of amides is 2. The summed E-state index contributed by atoms with van der Waals surface area (Å²) in [7, 11) is 0. The van der Waals surface area contributed by atoms with Gasteiger partial charge in [0.15, 0.2) is 0 Å². The van der Waals surface area contributed by atoms with E-state index < -0.39 is 16.7 Å². The molecule has 2 aromatic rings. The first-order chi connectivity index (χ1) is 13.4. The molecule has 2 aromatic carbocycles. The summed E-state index contributed by atoms with van der Waals surface area (Å²) in [6, 6.07) is 12.0. The Morgan fingerprint density at radius 1 is 1.14 bits per heavy atom. The van der Waals surface area contributed by atoms with E-state index in [-0.39, 0.29) is 16.9 Å². The number of nitrogens with one attached hydrogen (secondary N) is 2.